The lowest BCUT2D eigenvalue weighted by Gasteiger charge is -2.25. The van der Waals surface area contributed by atoms with E-state index >= 15 is 0 Å². The zero-order chi connectivity index (χ0) is 16.1. The minimum absolute atomic E-state index is 0.0315. The van der Waals surface area contributed by atoms with Crippen LogP contribution in [0.5, 0.6) is 5.75 Å². The molecule has 1 amide bonds. The van der Waals surface area contributed by atoms with Crippen LogP contribution in [0.3, 0.4) is 0 Å². The molecule has 22 heavy (non-hydrogen) atoms. The van der Waals surface area contributed by atoms with Gasteiger partial charge in [-0.15, -0.1) is 0 Å². The number of carbonyl (C=O) groups is 2. The molecule has 1 saturated carbocycles. The van der Waals surface area contributed by atoms with Gasteiger partial charge >= 0.3 is 5.97 Å². The number of carbonyl (C=O) groups excluding carboxylic acids is 1. The van der Waals surface area contributed by atoms with Crippen molar-refractivity contribution in [1.29, 1.82) is 0 Å². The van der Waals surface area contributed by atoms with Gasteiger partial charge in [-0.3, -0.25) is 9.59 Å². The Balaban J connectivity index is 1.97. The van der Waals surface area contributed by atoms with Crippen molar-refractivity contribution in [3.63, 3.8) is 0 Å². The van der Waals surface area contributed by atoms with Crippen LogP contribution < -0.4 is 10.1 Å². The Morgan fingerprint density at radius 3 is 2.32 bits per heavy atom. The van der Waals surface area contributed by atoms with Gasteiger partial charge in [0.05, 0.1) is 17.7 Å². The van der Waals surface area contributed by atoms with E-state index in [1.165, 1.54) is 0 Å². The number of para-hydroxylation sites is 2. The van der Waals surface area contributed by atoms with Gasteiger partial charge in [-0.2, -0.15) is 0 Å². The largest absolute Gasteiger partial charge is 0.489 e. The van der Waals surface area contributed by atoms with Crippen molar-refractivity contribution in [2.45, 2.75) is 45.6 Å². The number of hydrogen-bond donors (Lipinski definition) is 2. The van der Waals surface area contributed by atoms with Crippen LogP contribution in [0.2, 0.25) is 0 Å². The van der Waals surface area contributed by atoms with Gasteiger partial charge < -0.3 is 15.2 Å². The van der Waals surface area contributed by atoms with E-state index in [2.05, 4.69) is 5.32 Å². The minimum Gasteiger partial charge on any atom is -0.489 e. The number of benzene rings is 1. The summed E-state index contributed by atoms with van der Waals surface area (Å²) in [5.74, 6) is -0.577. The zero-order valence-electron chi connectivity index (χ0n) is 13.0. The Morgan fingerprint density at radius 1 is 1.14 bits per heavy atom. The number of carboxylic acids is 1. The van der Waals surface area contributed by atoms with Gasteiger partial charge in [-0.1, -0.05) is 12.1 Å². The Labute approximate surface area is 130 Å². The number of rotatable bonds is 5. The number of anilines is 1. The van der Waals surface area contributed by atoms with Crippen molar-refractivity contribution in [3.8, 4) is 5.75 Å². The monoisotopic (exact) mass is 305 g/mol. The number of nitrogens with one attached hydrogen (secondary N) is 1. The molecule has 2 N–H and O–H groups in total. The van der Waals surface area contributed by atoms with Crippen LogP contribution in [0.4, 0.5) is 5.69 Å². The van der Waals surface area contributed by atoms with Gasteiger partial charge in [0.15, 0.2) is 0 Å². The van der Waals surface area contributed by atoms with Gasteiger partial charge in [0.1, 0.15) is 5.75 Å². The standard InChI is InChI=1S/C17H23NO4/c1-11(2)22-15-6-4-3-5-14(15)18-16(19)12-7-9-13(10-8-12)17(20)21/h3-6,11-13H,7-10H2,1-2H3,(H,18,19)(H,20,21). The first-order valence-corrected chi connectivity index (χ1v) is 7.76. The third-order valence-electron chi connectivity index (χ3n) is 3.95. The van der Waals surface area contributed by atoms with Crippen molar-refractivity contribution < 1.29 is 19.4 Å². The molecule has 0 aromatic heterocycles. The Morgan fingerprint density at radius 2 is 1.73 bits per heavy atom. The van der Waals surface area contributed by atoms with E-state index < -0.39 is 5.97 Å². The Hall–Kier alpha value is -2.04. The van der Waals surface area contributed by atoms with Crippen LogP contribution in [0.1, 0.15) is 39.5 Å². The second kappa shape index (κ2) is 7.29. The maximum absolute atomic E-state index is 12.4. The molecule has 0 aliphatic heterocycles. The minimum atomic E-state index is -0.755. The van der Waals surface area contributed by atoms with Crippen LogP contribution >= 0.6 is 0 Å². The van der Waals surface area contributed by atoms with Crippen LogP contribution in [-0.2, 0) is 9.59 Å². The zero-order valence-corrected chi connectivity index (χ0v) is 13.0. The summed E-state index contributed by atoms with van der Waals surface area (Å²) in [6.07, 6.45) is 2.41. The average molecular weight is 305 g/mol. The number of ether oxygens (including phenoxy) is 1. The molecule has 0 unspecified atom stereocenters. The highest BCUT2D eigenvalue weighted by Crippen LogP contribution is 2.31. The molecule has 2 rings (SSSR count). The molecule has 0 bridgehead atoms. The smallest absolute Gasteiger partial charge is 0.306 e. The first-order chi connectivity index (χ1) is 10.5. The van der Waals surface area contributed by atoms with E-state index in [1.807, 2.05) is 38.1 Å². The summed E-state index contributed by atoms with van der Waals surface area (Å²) in [4.78, 5) is 23.3. The molecule has 0 radical (unpaired) electrons. The number of hydrogen-bond acceptors (Lipinski definition) is 3. The van der Waals surface area contributed by atoms with Gasteiger partial charge in [0.25, 0.3) is 0 Å². The molecule has 0 spiro atoms. The first-order valence-electron chi connectivity index (χ1n) is 7.76. The second-order valence-corrected chi connectivity index (χ2v) is 6.04. The molecule has 5 nitrogen and oxygen atoms in total. The molecule has 1 aromatic carbocycles. The van der Waals surface area contributed by atoms with Gasteiger partial charge in [-0.25, -0.2) is 0 Å². The Kier molecular flexibility index (Phi) is 5.41. The summed E-state index contributed by atoms with van der Waals surface area (Å²) in [6.45, 7) is 3.87. The first kappa shape index (κ1) is 16.3. The quantitative estimate of drug-likeness (QED) is 0.875. The maximum Gasteiger partial charge on any atom is 0.306 e. The maximum atomic E-state index is 12.4. The summed E-state index contributed by atoms with van der Waals surface area (Å²) in [5, 5.41) is 11.9. The molecule has 1 aliphatic rings. The number of amides is 1. The summed E-state index contributed by atoms with van der Waals surface area (Å²) in [5.41, 5.74) is 0.668. The third-order valence-corrected chi connectivity index (χ3v) is 3.95. The van der Waals surface area contributed by atoms with Crippen LogP contribution in [0.15, 0.2) is 24.3 Å². The highest BCUT2D eigenvalue weighted by molar-refractivity contribution is 5.94. The third kappa shape index (κ3) is 4.23. The van der Waals surface area contributed by atoms with Crippen LogP contribution in [-0.4, -0.2) is 23.1 Å². The molecule has 1 aliphatic carbocycles. The van der Waals surface area contributed by atoms with E-state index in [0.717, 1.165) is 0 Å². The van der Waals surface area contributed by atoms with Crippen molar-refractivity contribution in [2.24, 2.45) is 11.8 Å². The normalized spacial score (nSPS) is 21.4. The second-order valence-electron chi connectivity index (χ2n) is 6.04. The van der Waals surface area contributed by atoms with E-state index in [-0.39, 0.29) is 23.8 Å². The predicted molar refractivity (Wildman–Crippen MR) is 83.9 cm³/mol. The average Bonchev–Trinajstić information content (AvgIpc) is 2.48. The van der Waals surface area contributed by atoms with E-state index in [0.29, 0.717) is 37.1 Å². The van der Waals surface area contributed by atoms with Gasteiger partial charge in [0, 0.05) is 5.92 Å². The fourth-order valence-corrected chi connectivity index (χ4v) is 2.76. The predicted octanol–water partition coefficient (Wildman–Crippen LogP) is 3.30. The molecule has 1 aromatic rings. The molecule has 0 saturated heterocycles. The SMILES string of the molecule is CC(C)Oc1ccccc1NC(=O)C1CCC(C(=O)O)CC1. The van der Waals surface area contributed by atoms with Gasteiger partial charge in [0.2, 0.25) is 5.91 Å². The lowest BCUT2D eigenvalue weighted by atomic mass is 9.81. The summed E-state index contributed by atoms with van der Waals surface area (Å²) >= 11 is 0. The highest BCUT2D eigenvalue weighted by Gasteiger charge is 2.30. The Bertz CT molecular complexity index is 533. The van der Waals surface area contributed by atoms with E-state index in [4.69, 9.17) is 9.84 Å². The van der Waals surface area contributed by atoms with Crippen molar-refractivity contribution in [1.82, 2.24) is 0 Å². The number of aliphatic carboxylic acids is 1. The summed E-state index contributed by atoms with van der Waals surface area (Å²) in [6, 6.07) is 7.37. The van der Waals surface area contributed by atoms with E-state index in [9.17, 15) is 9.59 Å². The van der Waals surface area contributed by atoms with Crippen LogP contribution in [0, 0.1) is 11.8 Å². The molecular formula is C17H23NO4. The topological polar surface area (TPSA) is 75.6 Å². The molecular weight excluding hydrogens is 282 g/mol. The number of carboxylic acid groups (broad SMARTS) is 1. The lowest BCUT2D eigenvalue weighted by molar-refractivity contribution is -0.143. The van der Waals surface area contributed by atoms with Crippen molar-refractivity contribution in [2.75, 3.05) is 5.32 Å². The molecule has 5 heteroatoms. The molecule has 0 atom stereocenters. The van der Waals surface area contributed by atoms with Gasteiger partial charge in [-0.05, 0) is 51.7 Å². The highest BCUT2D eigenvalue weighted by atomic mass is 16.5. The van der Waals surface area contributed by atoms with Crippen LogP contribution in [0.25, 0.3) is 0 Å². The summed E-state index contributed by atoms with van der Waals surface area (Å²) in [7, 11) is 0. The molecule has 1 fully saturated rings. The lowest BCUT2D eigenvalue weighted by Crippen LogP contribution is -2.29. The molecule has 0 heterocycles. The van der Waals surface area contributed by atoms with Crippen molar-refractivity contribution >= 4 is 17.6 Å². The molecule has 120 valence electrons. The summed E-state index contributed by atoms with van der Waals surface area (Å²) < 4.78 is 5.69. The van der Waals surface area contributed by atoms with Crippen molar-refractivity contribution in [3.05, 3.63) is 24.3 Å². The fourth-order valence-electron chi connectivity index (χ4n) is 2.76. The van der Waals surface area contributed by atoms with E-state index in [1.54, 1.807) is 0 Å². The fraction of sp³-hybridized carbons (Fsp3) is 0.529.